The zero-order valence-corrected chi connectivity index (χ0v) is 32.4. The quantitative estimate of drug-likeness (QED) is 0.187. The van der Waals surface area contributed by atoms with Crippen LogP contribution in [0.2, 0.25) is 0 Å². The molecule has 18 nitrogen and oxygen atoms in total. The lowest BCUT2D eigenvalue weighted by atomic mass is 9.72. The summed E-state index contributed by atoms with van der Waals surface area (Å²) in [7, 11) is 2.88. The van der Waals surface area contributed by atoms with Gasteiger partial charge in [0.1, 0.15) is 42.2 Å². The zero-order chi connectivity index (χ0) is 41.0. The maximum atomic E-state index is 14.2. The second-order valence-electron chi connectivity index (χ2n) is 15.5. The molecule has 4 saturated heterocycles. The molecule has 4 heterocycles. The van der Waals surface area contributed by atoms with Gasteiger partial charge in [-0.05, 0) is 32.3 Å². The fourth-order valence-corrected chi connectivity index (χ4v) is 9.24. The minimum Gasteiger partial charge on any atom is -0.507 e. The van der Waals surface area contributed by atoms with Crippen molar-refractivity contribution in [1.82, 2.24) is 4.90 Å². The molecule has 18 heteroatoms. The minimum absolute atomic E-state index is 0.0456. The number of fused-ring (bicyclic) bond motifs is 6. The molecule has 2 unspecified atom stereocenters. The number of carbonyl (C=O) groups excluding carboxylic acids is 4. The highest BCUT2D eigenvalue weighted by molar-refractivity contribution is 6.31. The fourth-order valence-electron chi connectivity index (χ4n) is 9.24. The number of Topliss-reactive ketones (excluding diaryl/α,β-unsaturated/α-hetero) is 1. The summed E-state index contributed by atoms with van der Waals surface area (Å²) in [4.78, 5) is 55.5. The van der Waals surface area contributed by atoms with Crippen molar-refractivity contribution >= 4 is 23.3 Å². The van der Waals surface area contributed by atoms with E-state index in [-0.39, 0.29) is 59.8 Å². The van der Waals surface area contributed by atoms with Crippen LogP contribution in [-0.4, -0.2) is 146 Å². The van der Waals surface area contributed by atoms with E-state index >= 15 is 0 Å². The Balaban J connectivity index is 1.10. The van der Waals surface area contributed by atoms with E-state index in [1.54, 1.807) is 0 Å². The monoisotopic (exact) mass is 812 g/mol. The predicted octanol–water partition coefficient (Wildman–Crippen LogP) is 1.13. The molecule has 4 fully saturated rings. The van der Waals surface area contributed by atoms with E-state index in [0.717, 1.165) is 0 Å². The number of hydrogen-bond donors (Lipinski definition) is 4. The van der Waals surface area contributed by atoms with E-state index in [2.05, 4.69) is 4.90 Å². The van der Waals surface area contributed by atoms with Crippen molar-refractivity contribution in [3.63, 3.8) is 0 Å². The number of phenolic OH excluding ortho intramolecular Hbond substituents is 2. The number of methoxy groups -OCH3 is 2. The Morgan fingerprint density at radius 1 is 1.00 bits per heavy atom. The topological polar surface area (TPSA) is 241 Å². The highest BCUT2D eigenvalue weighted by atomic mass is 16.7. The average Bonchev–Trinajstić information content (AvgIpc) is 3.59. The number of nitrogens with zero attached hydrogens (tertiary/aromatic N) is 1. The van der Waals surface area contributed by atoms with Crippen LogP contribution in [0.15, 0.2) is 18.2 Å². The molecule has 0 aromatic heterocycles. The normalized spacial score (nSPS) is 33.1. The third-order valence-corrected chi connectivity index (χ3v) is 12.0. The average molecular weight is 813 g/mol. The number of rotatable bonds is 12. The van der Waals surface area contributed by atoms with Crippen LogP contribution in [0, 0.1) is 0 Å². The van der Waals surface area contributed by atoms with Gasteiger partial charge in [-0.25, -0.2) is 0 Å². The molecule has 2 aromatic rings. The van der Waals surface area contributed by atoms with Crippen LogP contribution < -0.4 is 10.5 Å². The summed E-state index contributed by atoms with van der Waals surface area (Å²) < 4.78 is 53.0. The Morgan fingerprint density at radius 2 is 1.79 bits per heavy atom. The molecule has 1 amide bonds. The zero-order valence-electron chi connectivity index (χ0n) is 32.4. The van der Waals surface area contributed by atoms with Gasteiger partial charge in [-0.1, -0.05) is 12.1 Å². The van der Waals surface area contributed by atoms with Crippen LogP contribution >= 0.6 is 0 Å². The second-order valence-corrected chi connectivity index (χ2v) is 15.5. The minimum atomic E-state index is -2.25. The van der Waals surface area contributed by atoms with Crippen LogP contribution in [0.1, 0.15) is 88.1 Å². The lowest BCUT2D eigenvalue weighted by molar-refractivity contribution is -0.256. The summed E-state index contributed by atoms with van der Waals surface area (Å²) in [6, 6.07) is 4.25. The molecule has 5 N–H and O–H groups in total. The maximum Gasteiger partial charge on any atom is 0.243 e. The number of phenols is 2. The number of aliphatic hydroxyl groups is 1. The Kier molecular flexibility index (Phi) is 11.3. The molecule has 4 aliphatic heterocycles. The molecule has 0 radical (unpaired) electrons. The third-order valence-electron chi connectivity index (χ3n) is 12.0. The van der Waals surface area contributed by atoms with Gasteiger partial charge in [-0.2, -0.15) is 0 Å². The molecule has 8 rings (SSSR count). The largest absolute Gasteiger partial charge is 0.507 e. The number of morpholine rings is 1. The van der Waals surface area contributed by atoms with E-state index in [0.29, 0.717) is 32.4 Å². The first kappa shape index (κ1) is 40.7. The summed E-state index contributed by atoms with van der Waals surface area (Å²) in [5.41, 5.74) is 1.67. The van der Waals surface area contributed by atoms with Crippen molar-refractivity contribution in [1.29, 1.82) is 0 Å². The van der Waals surface area contributed by atoms with Crippen LogP contribution in [0.3, 0.4) is 0 Å². The maximum absolute atomic E-state index is 14.2. The first-order valence-electron chi connectivity index (χ1n) is 19.5. The van der Waals surface area contributed by atoms with Crippen molar-refractivity contribution in [2.24, 2.45) is 5.73 Å². The summed E-state index contributed by atoms with van der Waals surface area (Å²) in [5, 5.41) is 36.2. The van der Waals surface area contributed by atoms with Crippen LogP contribution in [0.25, 0.3) is 0 Å². The van der Waals surface area contributed by atoms with Crippen molar-refractivity contribution in [3.8, 4) is 17.2 Å². The third kappa shape index (κ3) is 7.18. The number of ether oxygens (including phenoxy) is 9. The van der Waals surface area contributed by atoms with Crippen LogP contribution in [-0.2, 0) is 53.9 Å². The summed E-state index contributed by atoms with van der Waals surface area (Å²) in [6.45, 7) is 2.02. The molecule has 0 spiro atoms. The van der Waals surface area contributed by atoms with E-state index in [4.69, 9.17) is 48.4 Å². The highest BCUT2D eigenvalue weighted by Gasteiger charge is 2.55. The number of carbonyl (C=O) groups is 4. The van der Waals surface area contributed by atoms with Crippen molar-refractivity contribution < 1.29 is 77.1 Å². The molecule has 58 heavy (non-hydrogen) atoms. The molecule has 314 valence electrons. The molecule has 0 saturated carbocycles. The fraction of sp³-hybridized carbons (Fsp3) is 0.600. The van der Waals surface area contributed by atoms with Crippen molar-refractivity contribution in [2.45, 2.75) is 107 Å². The van der Waals surface area contributed by atoms with Gasteiger partial charge >= 0.3 is 0 Å². The first-order chi connectivity index (χ1) is 27.8. The summed E-state index contributed by atoms with van der Waals surface area (Å²) in [6.07, 6.45) is -4.47. The number of aromatic hydroxyl groups is 2. The number of hydrogen-bond acceptors (Lipinski definition) is 17. The van der Waals surface area contributed by atoms with Gasteiger partial charge in [-0.3, -0.25) is 24.1 Å². The van der Waals surface area contributed by atoms with E-state index < -0.39 is 114 Å². The Hall–Kier alpha value is -4.08. The first-order valence-corrected chi connectivity index (χ1v) is 19.5. The SMILES string of the molecule is COc1cccc2c1C(=O)c1c(O)c3c(c(O)c1C2=O)C[C@@](O)(C(=O)COC1CCCC(COCC(N)=O)O1)C[C@@H]3O[C@H]1C[C@H]2[C@H](O[C@@H]3[C@@H](OC)OCCN32)[C@H](C)O1. The smallest absolute Gasteiger partial charge is 0.243 e. The number of primary amides is 1. The second kappa shape index (κ2) is 16.2. The van der Waals surface area contributed by atoms with Gasteiger partial charge in [0, 0.05) is 55.6 Å². The van der Waals surface area contributed by atoms with Crippen molar-refractivity contribution in [3.05, 3.63) is 51.6 Å². The molecule has 10 atom stereocenters. The summed E-state index contributed by atoms with van der Waals surface area (Å²) >= 11 is 0. The van der Waals surface area contributed by atoms with Gasteiger partial charge in [0.15, 0.2) is 36.7 Å². The molecule has 2 aromatic carbocycles. The molecular formula is C40H48N2O16. The molecular weight excluding hydrogens is 764 g/mol. The lowest BCUT2D eigenvalue weighted by Crippen LogP contribution is -2.55. The van der Waals surface area contributed by atoms with Crippen LogP contribution in [0.5, 0.6) is 17.2 Å². The van der Waals surface area contributed by atoms with Gasteiger partial charge in [0.25, 0.3) is 0 Å². The van der Waals surface area contributed by atoms with Gasteiger partial charge in [0.2, 0.25) is 11.7 Å². The van der Waals surface area contributed by atoms with Crippen LogP contribution in [0.4, 0.5) is 0 Å². The number of nitrogens with two attached hydrogens (primary N) is 1. The number of benzene rings is 2. The Morgan fingerprint density at radius 3 is 2.55 bits per heavy atom. The van der Waals surface area contributed by atoms with Gasteiger partial charge < -0.3 is 63.7 Å². The standard InChI is InChI=1S/C40H48N2O16/c1-18-37-22(42-10-11-53-39(51-3)38(42)58-37)12-28(55-18)57-24-14-40(49,25(43)16-54-27-9-4-6-19(56-27)15-52-17-26(41)44)13-21-30(24)36(48)32-31(34(21)46)33(45)20-7-5-8-23(50-2)29(20)35(32)47/h5,7-8,18-19,22,24,27-28,37-39,46,48-49H,4,6,9-17H2,1-3H3,(H2,41,44)/t18-,19?,22-,24-,27?,28-,37+,38+,39-,40-/m0/s1. The Bertz CT molecular complexity index is 1970. The highest BCUT2D eigenvalue weighted by Crippen LogP contribution is 2.53. The number of amides is 1. The van der Waals surface area contributed by atoms with E-state index in [9.17, 15) is 34.5 Å². The molecule has 0 bridgehead atoms. The van der Waals surface area contributed by atoms with Gasteiger partial charge in [0.05, 0.1) is 55.3 Å². The van der Waals surface area contributed by atoms with E-state index in [1.165, 1.54) is 32.4 Å². The summed E-state index contributed by atoms with van der Waals surface area (Å²) in [5.74, 6) is -4.11. The van der Waals surface area contributed by atoms with Gasteiger partial charge in [-0.15, -0.1) is 0 Å². The lowest BCUT2D eigenvalue weighted by Gasteiger charge is -2.43. The van der Waals surface area contributed by atoms with E-state index in [1.807, 2.05) is 6.92 Å². The predicted molar refractivity (Wildman–Crippen MR) is 195 cm³/mol. The Labute approximate surface area is 333 Å². The van der Waals surface area contributed by atoms with Crippen molar-refractivity contribution in [2.75, 3.05) is 47.2 Å². The number of ketones is 3. The molecule has 6 aliphatic rings. The molecule has 2 aliphatic carbocycles.